The second-order valence-corrected chi connectivity index (χ2v) is 11.5. The van der Waals surface area contributed by atoms with E-state index in [1.54, 1.807) is 39.8 Å². The molecule has 5 atom stereocenters. The van der Waals surface area contributed by atoms with Gasteiger partial charge in [-0.15, -0.1) is 0 Å². The molecule has 0 spiro atoms. The smallest absolute Gasteiger partial charge is 0.410 e. The number of carboxylic acids is 1. The van der Waals surface area contributed by atoms with Gasteiger partial charge in [0.05, 0.1) is 24.6 Å². The van der Waals surface area contributed by atoms with Gasteiger partial charge in [-0.1, -0.05) is 48.0 Å². The molecular weight excluding hydrogens is 464 g/mol. The van der Waals surface area contributed by atoms with Crippen molar-refractivity contribution in [2.24, 2.45) is 23.7 Å². The molecule has 0 saturated heterocycles. The minimum atomic E-state index is -1.00. The second-order valence-electron chi connectivity index (χ2n) is 11.5. The Labute approximate surface area is 217 Å². The summed E-state index contributed by atoms with van der Waals surface area (Å²) in [6.07, 6.45) is -0.821. The van der Waals surface area contributed by atoms with Crippen LogP contribution < -0.4 is 0 Å². The monoisotopic (exact) mass is 514 g/mol. The van der Waals surface area contributed by atoms with Gasteiger partial charge in [0.2, 0.25) is 5.91 Å². The normalized spacial score (nSPS) is 16.2. The van der Waals surface area contributed by atoms with Crippen LogP contribution in [0.3, 0.4) is 0 Å². The summed E-state index contributed by atoms with van der Waals surface area (Å²) in [5.41, 5.74) is -0.701. The molecule has 0 unspecified atom stereocenters. The SMILES string of the molecule is CC[C@H](C)[C@@H]([C@@H](CC(=O)O)OC)N(C)C(=O)[C@@H](CC(=O)[C@H](C(C)C)N(C)C(=O)OC(C)(C)C)C(C)C. The molecular formula is C27H50N2O7. The number of rotatable bonds is 14. The van der Waals surface area contributed by atoms with Gasteiger partial charge in [-0.3, -0.25) is 14.4 Å². The summed E-state index contributed by atoms with van der Waals surface area (Å²) in [6, 6.07) is -1.21. The number of likely N-dealkylation sites (N-methyl/N-ethyl adjacent to an activating group) is 2. The predicted octanol–water partition coefficient (Wildman–Crippen LogP) is 4.47. The van der Waals surface area contributed by atoms with Crippen LogP contribution in [0.25, 0.3) is 0 Å². The van der Waals surface area contributed by atoms with E-state index in [1.807, 2.05) is 41.5 Å². The summed E-state index contributed by atoms with van der Waals surface area (Å²) in [5, 5.41) is 9.37. The van der Waals surface area contributed by atoms with Crippen molar-refractivity contribution in [2.75, 3.05) is 21.2 Å². The lowest BCUT2D eigenvalue weighted by atomic mass is 9.83. The fourth-order valence-corrected chi connectivity index (χ4v) is 4.59. The van der Waals surface area contributed by atoms with E-state index in [-0.39, 0.29) is 42.3 Å². The maximum Gasteiger partial charge on any atom is 0.410 e. The number of hydrogen-bond donors (Lipinski definition) is 1. The van der Waals surface area contributed by atoms with E-state index in [9.17, 15) is 24.3 Å². The maximum absolute atomic E-state index is 13.7. The second kappa shape index (κ2) is 14.5. The quantitative estimate of drug-likeness (QED) is 0.364. The lowest BCUT2D eigenvalue weighted by Gasteiger charge is -2.40. The fraction of sp³-hybridized carbons (Fsp3) is 0.852. The van der Waals surface area contributed by atoms with Gasteiger partial charge in [-0.2, -0.15) is 0 Å². The Kier molecular flexibility index (Phi) is 13.7. The Morgan fingerprint density at radius 1 is 0.889 bits per heavy atom. The van der Waals surface area contributed by atoms with Gasteiger partial charge >= 0.3 is 12.1 Å². The maximum atomic E-state index is 13.7. The molecule has 1 N–H and O–H groups in total. The minimum absolute atomic E-state index is 0.0199. The third kappa shape index (κ3) is 10.1. The lowest BCUT2D eigenvalue weighted by molar-refractivity contribution is -0.149. The van der Waals surface area contributed by atoms with Crippen LogP contribution in [0.5, 0.6) is 0 Å². The van der Waals surface area contributed by atoms with Crippen LogP contribution in [0.1, 0.15) is 81.6 Å². The average molecular weight is 515 g/mol. The standard InChI is InChI=1S/C27H50N2O7/c1-13-18(6)24(21(35-12)15-22(31)32)28(10)25(33)19(16(2)3)14-20(30)23(17(4)5)29(11)26(34)36-27(7,8)9/h16-19,21,23-24H,13-15H2,1-12H3,(H,31,32)/t18-,19-,21+,23-,24-/m0/s1. The Balaban J connectivity index is 6.00. The third-order valence-corrected chi connectivity index (χ3v) is 6.68. The van der Waals surface area contributed by atoms with Gasteiger partial charge in [0.25, 0.3) is 0 Å². The number of aliphatic carboxylic acids is 1. The zero-order valence-electron chi connectivity index (χ0n) is 24.5. The van der Waals surface area contributed by atoms with Gasteiger partial charge in [0.1, 0.15) is 5.60 Å². The molecule has 0 rings (SSSR count). The summed E-state index contributed by atoms with van der Waals surface area (Å²) in [4.78, 5) is 54.2. The van der Waals surface area contributed by atoms with Crippen LogP contribution in [0.15, 0.2) is 0 Å². The largest absolute Gasteiger partial charge is 0.481 e. The number of Topliss-reactive ketones (excluding diaryl/α,β-unsaturated/α-hetero) is 1. The van der Waals surface area contributed by atoms with Crippen LogP contribution in [0.4, 0.5) is 4.79 Å². The molecule has 0 radical (unpaired) electrons. The Morgan fingerprint density at radius 2 is 1.42 bits per heavy atom. The van der Waals surface area contributed by atoms with Crippen molar-refractivity contribution in [3.8, 4) is 0 Å². The predicted molar refractivity (Wildman–Crippen MR) is 140 cm³/mol. The number of ketones is 1. The van der Waals surface area contributed by atoms with Crippen LogP contribution in [-0.2, 0) is 23.9 Å². The van der Waals surface area contributed by atoms with E-state index in [0.717, 1.165) is 6.42 Å². The van der Waals surface area contributed by atoms with Crippen molar-refractivity contribution in [3.05, 3.63) is 0 Å². The van der Waals surface area contributed by atoms with Crippen LogP contribution >= 0.6 is 0 Å². The molecule has 0 aliphatic carbocycles. The van der Waals surface area contributed by atoms with Gasteiger partial charge < -0.3 is 24.4 Å². The summed E-state index contributed by atoms with van der Waals surface area (Å²) in [6.45, 7) is 16.7. The van der Waals surface area contributed by atoms with Crippen molar-refractivity contribution in [1.29, 1.82) is 0 Å². The molecule has 0 aliphatic heterocycles. The molecule has 9 nitrogen and oxygen atoms in total. The molecule has 2 amide bonds. The highest BCUT2D eigenvalue weighted by molar-refractivity contribution is 5.92. The summed E-state index contributed by atoms with van der Waals surface area (Å²) in [7, 11) is 4.65. The molecule has 210 valence electrons. The molecule has 0 fully saturated rings. The van der Waals surface area contributed by atoms with Crippen molar-refractivity contribution >= 4 is 23.8 Å². The molecule has 0 saturated carbocycles. The molecule has 0 aromatic carbocycles. The van der Waals surface area contributed by atoms with E-state index in [1.165, 1.54) is 12.0 Å². The van der Waals surface area contributed by atoms with Crippen molar-refractivity contribution < 1.29 is 33.8 Å². The molecule has 0 aromatic heterocycles. The molecule has 0 bridgehead atoms. The van der Waals surface area contributed by atoms with Crippen molar-refractivity contribution in [2.45, 2.75) is 105 Å². The lowest BCUT2D eigenvalue weighted by Crippen LogP contribution is -2.53. The first-order valence-electron chi connectivity index (χ1n) is 12.9. The fourth-order valence-electron chi connectivity index (χ4n) is 4.59. The molecule has 0 aliphatic rings. The number of methoxy groups -OCH3 is 1. The summed E-state index contributed by atoms with van der Waals surface area (Å²) >= 11 is 0. The number of hydrogen-bond acceptors (Lipinski definition) is 6. The highest BCUT2D eigenvalue weighted by Crippen LogP contribution is 2.28. The zero-order valence-corrected chi connectivity index (χ0v) is 24.5. The van der Waals surface area contributed by atoms with Gasteiger partial charge in [-0.25, -0.2) is 4.79 Å². The first-order chi connectivity index (χ1) is 16.4. The molecule has 0 aromatic rings. The van der Waals surface area contributed by atoms with Crippen molar-refractivity contribution in [3.63, 3.8) is 0 Å². The average Bonchev–Trinajstić information content (AvgIpc) is 2.74. The molecule has 9 heteroatoms. The molecule has 36 heavy (non-hydrogen) atoms. The Morgan fingerprint density at radius 3 is 1.78 bits per heavy atom. The first kappa shape index (κ1) is 33.8. The minimum Gasteiger partial charge on any atom is -0.481 e. The van der Waals surface area contributed by atoms with E-state index < -0.39 is 41.8 Å². The van der Waals surface area contributed by atoms with Crippen molar-refractivity contribution in [1.82, 2.24) is 9.80 Å². The number of nitrogens with zero attached hydrogens (tertiary/aromatic N) is 2. The van der Waals surface area contributed by atoms with Gasteiger partial charge in [-0.05, 0) is 38.5 Å². The van der Waals surface area contributed by atoms with E-state index in [2.05, 4.69) is 0 Å². The van der Waals surface area contributed by atoms with Crippen LogP contribution in [0.2, 0.25) is 0 Å². The van der Waals surface area contributed by atoms with E-state index in [4.69, 9.17) is 9.47 Å². The van der Waals surface area contributed by atoms with E-state index in [0.29, 0.717) is 0 Å². The van der Waals surface area contributed by atoms with Gasteiger partial charge in [0.15, 0.2) is 5.78 Å². The Hall–Kier alpha value is -2.16. The number of carboxylic acid groups (broad SMARTS) is 1. The topological polar surface area (TPSA) is 113 Å². The highest BCUT2D eigenvalue weighted by atomic mass is 16.6. The van der Waals surface area contributed by atoms with Crippen LogP contribution in [-0.4, -0.2) is 83.7 Å². The van der Waals surface area contributed by atoms with Crippen LogP contribution in [0, 0.1) is 23.7 Å². The third-order valence-electron chi connectivity index (χ3n) is 6.68. The summed E-state index contributed by atoms with van der Waals surface area (Å²) < 4.78 is 11.0. The number of carbonyl (C=O) groups excluding carboxylic acids is 3. The number of amides is 2. The van der Waals surface area contributed by atoms with Gasteiger partial charge in [0, 0.05) is 33.5 Å². The highest BCUT2D eigenvalue weighted by Gasteiger charge is 2.40. The summed E-state index contributed by atoms with van der Waals surface area (Å²) in [5.74, 6) is -2.44. The zero-order chi connectivity index (χ0) is 28.5. The first-order valence-corrected chi connectivity index (χ1v) is 12.9. The molecule has 0 heterocycles. The van der Waals surface area contributed by atoms with E-state index >= 15 is 0 Å². The number of carbonyl (C=O) groups is 4. The number of ether oxygens (including phenoxy) is 2. The Bertz CT molecular complexity index is 745.